The topological polar surface area (TPSA) is 39.2 Å². The first-order valence-electron chi connectivity index (χ1n) is 4.28. The van der Waals surface area contributed by atoms with E-state index < -0.39 is 10.8 Å². The van der Waals surface area contributed by atoms with Gasteiger partial charge in [0.1, 0.15) is 15.1 Å². The van der Waals surface area contributed by atoms with E-state index in [4.69, 9.17) is 51.1 Å². The lowest BCUT2D eigenvalue weighted by Crippen LogP contribution is -2.07. The second kappa shape index (κ2) is 5.92. The van der Waals surface area contributed by atoms with Gasteiger partial charge in [0.25, 0.3) is 0 Å². The van der Waals surface area contributed by atoms with E-state index in [-0.39, 0.29) is 22.5 Å². The summed E-state index contributed by atoms with van der Waals surface area (Å²) in [5.74, 6) is -0.591. The van der Waals surface area contributed by atoms with Crippen molar-refractivity contribution in [3.63, 3.8) is 0 Å². The van der Waals surface area contributed by atoms with Crippen molar-refractivity contribution in [1.82, 2.24) is 4.98 Å². The maximum absolute atomic E-state index is 11.5. The molecule has 0 aromatic carbocycles. The van der Waals surface area contributed by atoms with Gasteiger partial charge >= 0.3 is 5.97 Å². The monoisotopic (exact) mass is 301 g/mol. The predicted molar refractivity (Wildman–Crippen MR) is 64.7 cm³/mol. The second-order valence-electron chi connectivity index (χ2n) is 2.73. The lowest BCUT2D eigenvalue weighted by molar-refractivity contribution is 0.0526. The fraction of sp³-hybridized carbons (Fsp3) is 0.333. The molecule has 0 amide bonds. The van der Waals surface area contributed by atoms with Crippen LogP contribution < -0.4 is 0 Å². The van der Waals surface area contributed by atoms with Gasteiger partial charge < -0.3 is 4.74 Å². The molecule has 0 atom stereocenters. The van der Waals surface area contributed by atoms with Crippen molar-refractivity contribution in [1.29, 1.82) is 0 Å². The third-order valence-corrected chi connectivity index (χ3v) is 2.75. The molecule has 0 aliphatic heterocycles. The Morgan fingerprint density at radius 1 is 1.44 bits per heavy atom. The summed E-state index contributed by atoms with van der Waals surface area (Å²) in [5, 5.41) is 0.0224. The van der Waals surface area contributed by atoms with Crippen LogP contribution in [0.4, 0.5) is 0 Å². The van der Waals surface area contributed by atoms with Crippen molar-refractivity contribution < 1.29 is 9.53 Å². The Hall–Kier alpha value is -0.220. The van der Waals surface area contributed by atoms with Gasteiger partial charge in [-0.3, -0.25) is 0 Å². The van der Waals surface area contributed by atoms with Gasteiger partial charge in [0.15, 0.2) is 0 Å². The molecule has 0 saturated heterocycles. The van der Waals surface area contributed by atoms with Gasteiger partial charge in [-0.1, -0.05) is 46.4 Å². The molecular weight excluding hydrogens is 296 g/mol. The molecule has 0 saturated carbocycles. The zero-order valence-electron chi connectivity index (χ0n) is 8.14. The molecule has 0 N–H and O–H groups in total. The highest BCUT2D eigenvalue weighted by atomic mass is 35.5. The molecule has 7 heteroatoms. The third-order valence-electron chi connectivity index (χ3n) is 1.69. The number of ether oxygens (including phenoxy) is 1. The van der Waals surface area contributed by atoms with Gasteiger partial charge in [0.05, 0.1) is 12.2 Å². The lowest BCUT2D eigenvalue weighted by atomic mass is 10.2. The average molecular weight is 303 g/mol. The molecule has 1 aromatic heterocycles. The first kappa shape index (κ1) is 13.8. The number of carbonyl (C=O) groups is 1. The van der Waals surface area contributed by atoms with Crippen LogP contribution in [0.5, 0.6) is 0 Å². The molecule has 16 heavy (non-hydrogen) atoms. The van der Waals surface area contributed by atoms with E-state index in [1.807, 2.05) is 0 Å². The van der Waals surface area contributed by atoms with Crippen molar-refractivity contribution >= 4 is 52.4 Å². The molecule has 0 aliphatic rings. The number of nitrogens with zero attached hydrogens (tertiary/aromatic N) is 1. The van der Waals surface area contributed by atoms with E-state index >= 15 is 0 Å². The third kappa shape index (κ3) is 3.14. The molecule has 0 spiro atoms. The lowest BCUT2D eigenvalue weighted by Gasteiger charge is -2.08. The Balaban J connectivity index is 3.19. The molecule has 0 bridgehead atoms. The number of hydrogen-bond donors (Lipinski definition) is 0. The van der Waals surface area contributed by atoms with Crippen LogP contribution in [0.2, 0.25) is 10.3 Å². The molecule has 3 nitrogen and oxygen atoms in total. The van der Waals surface area contributed by atoms with Gasteiger partial charge in [-0.05, 0) is 13.0 Å². The fourth-order valence-electron chi connectivity index (χ4n) is 0.991. The Kier molecular flexibility index (Phi) is 5.12. The van der Waals surface area contributed by atoms with Crippen molar-refractivity contribution in [2.24, 2.45) is 0 Å². The standard InChI is InChI=1S/C9H7Cl4NO2/c1-2-16-9(15)5-3-4(6(10)11)7(12)14-8(5)13/h3,6H,2H2,1H3. The summed E-state index contributed by atoms with van der Waals surface area (Å²) in [7, 11) is 0. The first-order chi connectivity index (χ1) is 7.47. The summed E-state index contributed by atoms with van der Waals surface area (Å²) in [6, 6.07) is 1.38. The van der Waals surface area contributed by atoms with Crippen LogP contribution in [0.15, 0.2) is 6.07 Å². The maximum Gasteiger partial charge on any atom is 0.341 e. The minimum absolute atomic E-state index is 0.0406. The van der Waals surface area contributed by atoms with E-state index in [0.29, 0.717) is 5.56 Å². The quantitative estimate of drug-likeness (QED) is 0.480. The van der Waals surface area contributed by atoms with E-state index in [1.54, 1.807) is 6.92 Å². The number of carbonyl (C=O) groups excluding carboxylic acids is 1. The molecule has 88 valence electrons. The van der Waals surface area contributed by atoms with E-state index in [0.717, 1.165) is 0 Å². The van der Waals surface area contributed by atoms with Crippen molar-refractivity contribution in [2.45, 2.75) is 11.8 Å². The average Bonchev–Trinajstić information content (AvgIpc) is 2.17. The van der Waals surface area contributed by atoms with Gasteiger partial charge in [-0.2, -0.15) is 0 Å². The van der Waals surface area contributed by atoms with Crippen LogP contribution in [0.3, 0.4) is 0 Å². The highest BCUT2D eigenvalue weighted by Crippen LogP contribution is 2.32. The van der Waals surface area contributed by atoms with Crippen LogP contribution >= 0.6 is 46.4 Å². The van der Waals surface area contributed by atoms with E-state index in [1.165, 1.54) is 6.07 Å². The molecule has 0 aliphatic carbocycles. The maximum atomic E-state index is 11.5. The largest absolute Gasteiger partial charge is 0.462 e. The SMILES string of the molecule is CCOC(=O)c1cc(C(Cl)Cl)c(Cl)nc1Cl. The zero-order valence-corrected chi connectivity index (χ0v) is 11.2. The van der Waals surface area contributed by atoms with Crippen molar-refractivity contribution in [3.05, 3.63) is 27.5 Å². The van der Waals surface area contributed by atoms with Crippen LogP contribution in [-0.2, 0) is 4.74 Å². The summed E-state index contributed by atoms with van der Waals surface area (Å²) in [5.41, 5.74) is 0.409. The highest BCUT2D eigenvalue weighted by Gasteiger charge is 2.19. The van der Waals surface area contributed by atoms with Gasteiger partial charge in [-0.25, -0.2) is 9.78 Å². The summed E-state index contributed by atoms with van der Waals surface area (Å²) < 4.78 is 4.79. The summed E-state index contributed by atoms with van der Waals surface area (Å²) in [6.07, 6.45) is 0. The smallest absolute Gasteiger partial charge is 0.341 e. The number of hydrogen-bond acceptors (Lipinski definition) is 3. The molecule has 0 fully saturated rings. The second-order valence-corrected chi connectivity index (χ2v) is 4.54. The Bertz CT molecular complexity index is 409. The molecule has 1 heterocycles. The molecule has 0 radical (unpaired) electrons. The summed E-state index contributed by atoms with van der Waals surface area (Å²) >= 11 is 22.8. The number of rotatable bonds is 3. The predicted octanol–water partition coefficient (Wildman–Crippen LogP) is 4.04. The van der Waals surface area contributed by atoms with Gasteiger partial charge in [-0.15, -0.1) is 0 Å². The first-order valence-corrected chi connectivity index (χ1v) is 5.91. The van der Waals surface area contributed by atoms with E-state index in [9.17, 15) is 4.79 Å². The Morgan fingerprint density at radius 2 is 2.06 bits per heavy atom. The van der Waals surface area contributed by atoms with Crippen molar-refractivity contribution in [2.75, 3.05) is 6.61 Å². The van der Waals surface area contributed by atoms with Crippen LogP contribution in [-0.4, -0.2) is 17.6 Å². The zero-order chi connectivity index (χ0) is 12.3. The molecule has 1 rings (SSSR count). The van der Waals surface area contributed by atoms with Gasteiger partial charge in [0, 0.05) is 5.56 Å². The highest BCUT2D eigenvalue weighted by molar-refractivity contribution is 6.45. The Morgan fingerprint density at radius 3 is 2.56 bits per heavy atom. The van der Waals surface area contributed by atoms with E-state index in [2.05, 4.69) is 4.98 Å². The summed E-state index contributed by atoms with van der Waals surface area (Å²) in [6.45, 7) is 1.92. The normalized spacial score (nSPS) is 10.6. The number of esters is 1. The minimum Gasteiger partial charge on any atom is -0.462 e. The van der Waals surface area contributed by atoms with Crippen LogP contribution in [0.25, 0.3) is 0 Å². The Labute approximate surface area is 113 Å². The molecular formula is C9H7Cl4NO2. The number of aromatic nitrogens is 1. The van der Waals surface area contributed by atoms with Crippen LogP contribution in [0, 0.1) is 0 Å². The molecule has 0 unspecified atom stereocenters. The van der Waals surface area contributed by atoms with Crippen molar-refractivity contribution in [3.8, 4) is 0 Å². The minimum atomic E-state index is -0.884. The number of halogens is 4. The molecule has 1 aromatic rings. The fourth-order valence-corrected chi connectivity index (χ4v) is 1.94. The number of pyridine rings is 1. The number of alkyl halides is 2. The summed E-state index contributed by atoms with van der Waals surface area (Å²) in [4.78, 5) is 14.4. The van der Waals surface area contributed by atoms with Gasteiger partial charge in [0.2, 0.25) is 0 Å². The van der Waals surface area contributed by atoms with Crippen LogP contribution in [0.1, 0.15) is 27.7 Å².